The number of pyridine rings is 1. The van der Waals surface area contributed by atoms with Gasteiger partial charge in [0, 0.05) is 56.3 Å². The topological polar surface area (TPSA) is 96.5 Å². The number of alkyl halides is 3. The minimum absolute atomic E-state index is 0.113. The summed E-state index contributed by atoms with van der Waals surface area (Å²) in [5.74, 6) is -1.06. The molecule has 0 N–H and O–H groups in total. The van der Waals surface area contributed by atoms with Crippen LogP contribution in [0.5, 0.6) is 0 Å². The Morgan fingerprint density at radius 1 is 1.20 bits per heavy atom. The first-order chi connectivity index (χ1) is 20.7. The maximum atomic E-state index is 14.5. The van der Waals surface area contributed by atoms with Crippen LogP contribution in [0, 0.1) is 29.0 Å². The molecule has 2 aromatic heterocycles. The van der Waals surface area contributed by atoms with Crippen molar-refractivity contribution >= 4 is 18.5 Å². The van der Waals surface area contributed by atoms with Crippen LogP contribution in [0.15, 0.2) is 24.7 Å². The number of nitrogens with zero attached hydrogens (tertiary/aromatic N) is 6. The highest BCUT2D eigenvalue weighted by Crippen LogP contribution is 2.50. The average molecular weight is 616 g/mol. The molecule has 236 valence electrons. The Hall–Kier alpha value is -3.02. The average Bonchev–Trinajstić information content (AvgIpc) is 3.30. The number of likely N-dealkylation sites (tertiary alicyclic amines) is 2. The molecule has 0 radical (unpaired) electrons. The molecular formula is C30H37BF4N6O3. The zero-order valence-corrected chi connectivity index (χ0v) is 25.4. The van der Waals surface area contributed by atoms with E-state index in [0.717, 1.165) is 24.1 Å². The van der Waals surface area contributed by atoms with Gasteiger partial charge in [-0.15, -0.1) is 0 Å². The maximum absolute atomic E-state index is 14.5. The van der Waals surface area contributed by atoms with Gasteiger partial charge in [0.05, 0.1) is 29.3 Å². The van der Waals surface area contributed by atoms with E-state index in [1.165, 1.54) is 11.3 Å². The molecule has 4 fully saturated rings. The lowest BCUT2D eigenvalue weighted by atomic mass is 9.80. The van der Waals surface area contributed by atoms with Gasteiger partial charge in [0.1, 0.15) is 5.54 Å². The summed E-state index contributed by atoms with van der Waals surface area (Å²) in [6.07, 6.45) is 3.06. The van der Waals surface area contributed by atoms with Crippen LogP contribution in [0.25, 0.3) is 0 Å². The highest BCUT2D eigenvalue weighted by Gasteiger charge is 2.57. The Morgan fingerprint density at radius 2 is 1.89 bits per heavy atom. The van der Waals surface area contributed by atoms with Crippen molar-refractivity contribution in [3.63, 3.8) is 0 Å². The van der Waals surface area contributed by atoms with Crippen molar-refractivity contribution in [1.29, 1.82) is 5.26 Å². The fourth-order valence-electron chi connectivity index (χ4n) is 6.99. The van der Waals surface area contributed by atoms with E-state index in [4.69, 9.17) is 9.31 Å². The minimum Gasteiger partial charge on any atom is -0.399 e. The number of amides is 1. The second kappa shape index (κ2) is 10.8. The summed E-state index contributed by atoms with van der Waals surface area (Å²) in [6, 6.07) is 3.41. The minimum atomic E-state index is -4.99. The lowest BCUT2D eigenvalue weighted by molar-refractivity contribution is -0.143. The number of hydrogen-bond acceptors (Lipinski definition) is 7. The van der Waals surface area contributed by atoms with Gasteiger partial charge in [-0.25, -0.2) is 9.37 Å². The summed E-state index contributed by atoms with van der Waals surface area (Å²) in [5.41, 5.74) is -2.92. The third kappa shape index (κ3) is 5.41. The van der Waals surface area contributed by atoms with E-state index in [0.29, 0.717) is 37.8 Å². The summed E-state index contributed by atoms with van der Waals surface area (Å²) in [7, 11) is -0.549. The lowest BCUT2D eigenvalue weighted by Gasteiger charge is -2.53. The molecule has 1 amide bonds. The summed E-state index contributed by atoms with van der Waals surface area (Å²) in [5, 5.41) is 14.3. The van der Waals surface area contributed by atoms with Crippen molar-refractivity contribution in [1.82, 2.24) is 24.6 Å². The number of rotatable bonds is 7. The van der Waals surface area contributed by atoms with Gasteiger partial charge in [-0.05, 0) is 64.4 Å². The molecule has 2 aromatic rings. The number of carbonyl (C=O) groups is 1. The van der Waals surface area contributed by atoms with Gasteiger partial charge >= 0.3 is 13.3 Å². The van der Waals surface area contributed by atoms with Crippen molar-refractivity contribution in [2.45, 2.75) is 88.8 Å². The monoisotopic (exact) mass is 616 g/mol. The summed E-state index contributed by atoms with van der Waals surface area (Å²) in [4.78, 5) is 19.6. The van der Waals surface area contributed by atoms with Gasteiger partial charge in [0.15, 0.2) is 11.5 Å². The molecule has 5 heterocycles. The molecular weight excluding hydrogens is 579 g/mol. The van der Waals surface area contributed by atoms with E-state index < -0.39 is 53.0 Å². The molecule has 3 aliphatic heterocycles. The number of halogens is 4. The third-order valence-electron chi connectivity index (χ3n) is 10.4. The van der Waals surface area contributed by atoms with Crippen LogP contribution in [0.2, 0.25) is 0 Å². The second-order valence-corrected chi connectivity index (χ2v) is 13.7. The molecule has 0 aromatic carbocycles. The van der Waals surface area contributed by atoms with Crippen LogP contribution in [-0.2, 0) is 21.0 Å². The Bertz CT molecular complexity index is 1460. The number of aromatic nitrogens is 3. The van der Waals surface area contributed by atoms with Crippen molar-refractivity contribution in [2.24, 2.45) is 11.8 Å². The van der Waals surface area contributed by atoms with Gasteiger partial charge in [-0.3, -0.25) is 14.4 Å². The molecule has 14 heteroatoms. The van der Waals surface area contributed by atoms with Crippen LogP contribution in [0.1, 0.15) is 75.9 Å². The number of carbonyl (C=O) groups excluding carboxylic acids is 1. The van der Waals surface area contributed by atoms with Crippen LogP contribution < -0.4 is 5.46 Å². The first kappa shape index (κ1) is 31.0. The molecule has 4 aliphatic rings. The number of piperidine rings is 1. The highest BCUT2D eigenvalue weighted by atomic mass is 19.4. The molecule has 44 heavy (non-hydrogen) atoms. The van der Waals surface area contributed by atoms with Crippen LogP contribution >= 0.6 is 0 Å². The molecule has 6 rings (SSSR count). The number of nitriles is 1. The second-order valence-electron chi connectivity index (χ2n) is 13.7. The van der Waals surface area contributed by atoms with Gasteiger partial charge in [-0.2, -0.15) is 23.5 Å². The maximum Gasteiger partial charge on any atom is 0.498 e. The molecule has 3 saturated heterocycles. The quantitative estimate of drug-likeness (QED) is 0.343. The smallest absolute Gasteiger partial charge is 0.399 e. The van der Waals surface area contributed by atoms with Crippen LogP contribution in [0.4, 0.5) is 17.6 Å². The fourth-order valence-corrected chi connectivity index (χ4v) is 6.99. The van der Waals surface area contributed by atoms with E-state index >= 15 is 0 Å². The van der Waals surface area contributed by atoms with Crippen LogP contribution in [-0.4, -0.2) is 81.0 Å². The number of hydrogen-bond donors (Lipinski definition) is 0. The zero-order valence-electron chi connectivity index (χ0n) is 25.4. The Labute approximate surface area is 254 Å². The largest absolute Gasteiger partial charge is 0.498 e. The zero-order chi connectivity index (χ0) is 31.7. The van der Waals surface area contributed by atoms with E-state index in [1.807, 2.05) is 10.9 Å². The first-order valence-corrected chi connectivity index (χ1v) is 15.2. The summed E-state index contributed by atoms with van der Waals surface area (Å²) < 4.78 is 68.5. The van der Waals surface area contributed by atoms with E-state index in [-0.39, 0.29) is 25.6 Å². The highest BCUT2D eigenvalue weighted by molar-refractivity contribution is 6.62. The van der Waals surface area contributed by atoms with Crippen molar-refractivity contribution in [3.8, 4) is 6.07 Å². The lowest BCUT2D eigenvalue weighted by Crippen LogP contribution is -2.66. The van der Waals surface area contributed by atoms with E-state index in [9.17, 15) is 27.6 Å². The summed E-state index contributed by atoms with van der Waals surface area (Å²) in [6.45, 7) is 10.3. The SMILES string of the molecule is C[C@H]1CC1CC1(C)OB(c2cnn(C3(CC#N)CN(C4CCN(C(=O)c5ccnc(C(F)(F)F)c5F)CC4)C3)c2)OC1(C)C. The Kier molecular flexibility index (Phi) is 7.61. The van der Waals surface area contributed by atoms with Crippen molar-refractivity contribution < 1.29 is 31.7 Å². The summed E-state index contributed by atoms with van der Waals surface area (Å²) >= 11 is 0. The molecule has 0 bridgehead atoms. The third-order valence-corrected chi connectivity index (χ3v) is 10.4. The van der Waals surface area contributed by atoms with Crippen molar-refractivity contribution in [2.75, 3.05) is 26.2 Å². The van der Waals surface area contributed by atoms with Gasteiger partial charge in [0.25, 0.3) is 5.91 Å². The van der Waals surface area contributed by atoms with E-state index in [2.05, 4.69) is 48.7 Å². The molecule has 2 unspecified atom stereocenters. The molecule has 1 aliphatic carbocycles. The fraction of sp³-hybridized carbons (Fsp3) is 0.667. The molecule has 0 spiro atoms. The predicted molar refractivity (Wildman–Crippen MR) is 152 cm³/mol. The molecule has 1 saturated carbocycles. The Balaban J connectivity index is 1.08. The van der Waals surface area contributed by atoms with Crippen molar-refractivity contribution in [3.05, 3.63) is 41.7 Å². The van der Waals surface area contributed by atoms with Gasteiger partial charge < -0.3 is 14.2 Å². The predicted octanol–water partition coefficient (Wildman–Crippen LogP) is 3.99. The molecule has 3 atom stereocenters. The normalized spacial score (nSPS) is 28.5. The standard InChI is InChI=1S/C30H37BF4N6O3/c1-19-13-20(19)14-28(4)27(2,3)43-31(44-28)21-15-38-41(16-21)29(8-9-36)17-40(18-29)22-6-11-39(12-7-22)26(42)23-5-10-37-25(24(23)32)30(33,34)35/h5,10,15-16,19-20,22H,6-8,11-14,17-18H2,1-4H3/t19-,20?,28?/m0/s1. The van der Waals surface area contributed by atoms with Crippen LogP contribution in [0.3, 0.4) is 0 Å². The molecule has 9 nitrogen and oxygen atoms in total. The van der Waals surface area contributed by atoms with Gasteiger partial charge in [-0.1, -0.05) is 6.92 Å². The van der Waals surface area contributed by atoms with E-state index in [1.54, 1.807) is 6.20 Å². The Morgan fingerprint density at radius 3 is 2.50 bits per heavy atom. The van der Waals surface area contributed by atoms with Gasteiger partial charge in [0.2, 0.25) is 0 Å². The first-order valence-electron chi connectivity index (χ1n) is 15.2.